The van der Waals surface area contributed by atoms with Crippen LogP contribution in [0.5, 0.6) is 0 Å². The maximum Gasteiger partial charge on any atom is 0.220 e. The highest BCUT2D eigenvalue weighted by Gasteiger charge is 2.25. The smallest absolute Gasteiger partial charge is 0.220 e. The summed E-state index contributed by atoms with van der Waals surface area (Å²) >= 11 is 0. The highest BCUT2D eigenvalue weighted by Crippen LogP contribution is 2.23. The van der Waals surface area contributed by atoms with Crippen LogP contribution in [0.15, 0.2) is 0 Å². The van der Waals surface area contributed by atoms with Crippen LogP contribution in [0.1, 0.15) is 19.8 Å². The van der Waals surface area contributed by atoms with Crippen LogP contribution in [0.4, 0.5) is 0 Å². The van der Waals surface area contributed by atoms with Crippen LogP contribution >= 0.6 is 0 Å². The molecule has 2 N–H and O–H groups in total. The second kappa shape index (κ2) is 3.90. The van der Waals surface area contributed by atoms with Gasteiger partial charge in [0.15, 0.2) is 0 Å². The minimum Gasteiger partial charge on any atom is -0.369 e. The molecule has 0 aromatic heterocycles. The third-order valence-electron chi connectivity index (χ3n) is 2.92. The summed E-state index contributed by atoms with van der Waals surface area (Å²) < 4.78 is 0. The fourth-order valence-electron chi connectivity index (χ4n) is 1.76. The Bertz CT molecular complexity index is 162. The van der Waals surface area contributed by atoms with Crippen molar-refractivity contribution in [3.05, 3.63) is 0 Å². The normalized spacial score (nSPS) is 23.8. The van der Waals surface area contributed by atoms with Gasteiger partial charge in [0, 0.05) is 5.92 Å². The molecule has 0 aromatic carbocycles. The molecule has 0 radical (unpaired) electrons. The summed E-state index contributed by atoms with van der Waals surface area (Å²) in [6, 6.07) is 0. The minimum atomic E-state index is -0.149. The summed E-state index contributed by atoms with van der Waals surface area (Å²) in [5, 5.41) is 0. The zero-order valence-corrected chi connectivity index (χ0v) is 7.92. The Kier molecular flexibility index (Phi) is 3.09. The van der Waals surface area contributed by atoms with Gasteiger partial charge in [-0.3, -0.25) is 4.79 Å². The molecular formula is C9H18N2O. The van der Waals surface area contributed by atoms with Crippen molar-refractivity contribution in [2.24, 2.45) is 17.6 Å². The molecule has 0 spiro atoms. The number of nitrogens with zero attached hydrogens (tertiary/aromatic N) is 1. The number of hydrogen-bond donors (Lipinski definition) is 1. The van der Waals surface area contributed by atoms with E-state index in [0.29, 0.717) is 5.92 Å². The van der Waals surface area contributed by atoms with Crippen LogP contribution in [0, 0.1) is 11.8 Å². The second-order valence-electron chi connectivity index (χ2n) is 3.83. The molecule has 1 fully saturated rings. The third kappa shape index (κ3) is 2.21. The molecule has 1 saturated heterocycles. The van der Waals surface area contributed by atoms with Gasteiger partial charge < -0.3 is 10.6 Å². The van der Waals surface area contributed by atoms with Gasteiger partial charge in [0.1, 0.15) is 0 Å². The number of carbonyl (C=O) groups is 1. The van der Waals surface area contributed by atoms with E-state index >= 15 is 0 Å². The Morgan fingerprint density at radius 1 is 1.50 bits per heavy atom. The van der Waals surface area contributed by atoms with E-state index in [1.165, 1.54) is 0 Å². The highest BCUT2D eigenvalue weighted by atomic mass is 16.1. The number of nitrogens with two attached hydrogens (primary N) is 1. The molecule has 3 nitrogen and oxygen atoms in total. The molecule has 1 rings (SSSR count). The molecule has 0 aromatic rings. The van der Waals surface area contributed by atoms with Crippen molar-refractivity contribution in [3.63, 3.8) is 0 Å². The van der Waals surface area contributed by atoms with Crippen molar-refractivity contribution >= 4 is 5.91 Å². The molecule has 1 heterocycles. The predicted molar refractivity (Wildman–Crippen MR) is 48.6 cm³/mol. The van der Waals surface area contributed by atoms with E-state index < -0.39 is 0 Å². The zero-order valence-electron chi connectivity index (χ0n) is 7.92. The maximum atomic E-state index is 10.9. The number of piperidine rings is 1. The fraction of sp³-hybridized carbons (Fsp3) is 0.889. The van der Waals surface area contributed by atoms with E-state index in [1.54, 1.807) is 0 Å². The third-order valence-corrected chi connectivity index (χ3v) is 2.92. The lowest BCUT2D eigenvalue weighted by Gasteiger charge is -2.31. The Morgan fingerprint density at radius 2 is 2.00 bits per heavy atom. The van der Waals surface area contributed by atoms with Gasteiger partial charge in [-0.05, 0) is 38.9 Å². The molecule has 1 amide bonds. The van der Waals surface area contributed by atoms with Crippen LogP contribution in [0.2, 0.25) is 0 Å². The molecule has 0 bridgehead atoms. The molecule has 3 heteroatoms. The highest BCUT2D eigenvalue weighted by molar-refractivity contribution is 5.76. The Balaban J connectivity index is 2.39. The van der Waals surface area contributed by atoms with Gasteiger partial charge in [0.05, 0.1) is 0 Å². The van der Waals surface area contributed by atoms with E-state index in [9.17, 15) is 4.79 Å². The van der Waals surface area contributed by atoms with Gasteiger partial charge in [-0.25, -0.2) is 0 Å². The van der Waals surface area contributed by atoms with Crippen LogP contribution in [-0.2, 0) is 4.79 Å². The topological polar surface area (TPSA) is 46.3 Å². The first-order valence-electron chi connectivity index (χ1n) is 4.59. The van der Waals surface area contributed by atoms with Crippen LogP contribution in [-0.4, -0.2) is 30.9 Å². The first-order chi connectivity index (χ1) is 5.61. The van der Waals surface area contributed by atoms with Crippen LogP contribution in [0.25, 0.3) is 0 Å². The van der Waals surface area contributed by atoms with Crippen LogP contribution < -0.4 is 5.73 Å². The molecule has 12 heavy (non-hydrogen) atoms. The quantitative estimate of drug-likeness (QED) is 0.654. The van der Waals surface area contributed by atoms with Crippen molar-refractivity contribution < 1.29 is 4.79 Å². The first kappa shape index (κ1) is 9.52. The van der Waals surface area contributed by atoms with Crippen molar-refractivity contribution in [2.45, 2.75) is 19.8 Å². The summed E-state index contributed by atoms with van der Waals surface area (Å²) in [5.74, 6) is 0.418. The fourth-order valence-corrected chi connectivity index (χ4v) is 1.76. The van der Waals surface area contributed by atoms with E-state index in [0.717, 1.165) is 25.9 Å². The van der Waals surface area contributed by atoms with E-state index in [-0.39, 0.29) is 11.8 Å². The van der Waals surface area contributed by atoms with Gasteiger partial charge >= 0.3 is 0 Å². The number of hydrogen-bond acceptors (Lipinski definition) is 2. The van der Waals surface area contributed by atoms with Gasteiger partial charge in [0.25, 0.3) is 0 Å². The average molecular weight is 170 g/mol. The summed E-state index contributed by atoms with van der Waals surface area (Å²) in [4.78, 5) is 13.2. The molecule has 0 saturated carbocycles. The number of likely N-dealkylation sites (tertiary alicyclic amines) is 1. The number of primary amides is 1. The van der Waals surface area contributed by atoms with Gasteiger partial charge in [0.2, 0.25) is 5.91 Å². The first-order valence-corrected chi connectivity index (χ1v) is 4.59. The summed E-state index contributed by atoms with van der Waals surface area (Å²) in [6.45, 7) is 4.14. The lowest BCUT2D eigenvalue weighted by atomic mass is 9.85. The molecule has 1 unspecified atom stereocenters. The lowest BCUT2D eigenvalue weighted by molar-refractivity contribution is -0.123. The van der Waals surface area contributed by atoms with Crippen LogP contribution in [0.3, 0.4) is 0 Å². The maximum absolute atomic E-state index is 10.9. The van der Waals surface area contributed by atoms with E-state index in [2.05, 4.69) is 11.9 Å². The number of rotatable bonds is 2. The van der Waals surface area contributed by atoms with Crippen molar-refractivity contribution in [3.8, 4) is 0 Å². The molecular weight excluding hydrogens is 152 g/mol. The Labute approximate surface area is 73.9 Å². The standard InChI is InChI=1S/C9H18N2O/c1-7(9(10)12)8-3-5-11(2)6-4-8/h7-8H,3-6H2,1-2H3,(H2,10,12). The van der Waals surface area contributed by atoms with Crippen molar-refractivity contribution in [2.75, 3.05) is 20.1 Å². The molecule has 1 atom stereocenters. The van der Waals surface area contributed by atoms with Crippen molar-refractivity contribution in [1.29, 1.82) is 0 Å². The molecule has 1 aliphatic rings. The molecule has 0 aliphatic carbocycles. The Hall–Kier alpha value is -0.570. The van der Waals surface area contributed by atoms with Gasteiger partial charge in [-0.15, -0.1) is 0 Å². The lowest BCUT2D eigenvalue weighted by Crippen LogP contribution is -2.36. The number of amides is 1. The van der Waals surface area contributed by atoms with E-state index in [1.807, 2.05) is 6.92 Å². The molecule has 1 aliphatic heterocycles. The van der Waals surface area contributed by atoms with Crippen molar-refractivity contribution in [1.82, 2.24) is 4.90 Å². The largest absolute Gasteiger partial charge is 0.369 e. The zero-order chi connectivity index (χ0) is 9.14. The summed E-state index contributed by atoms with van der Waals surface area (Å²) in [5.41, 5.74) is 5.25. The monoisotopic (exact) mass is 170 g/mol. The van der Waals surface area contributed by atoms with Gasteiger partial charge in [-0.2, -0.15) is 0 Å². The summed E-state index contributed by atoms with van der Waals surface area (Å²) in [6.07, 6.45) is 2.22. The summed E-state index contributed by atoms with van der Waals surface area (Å²) in [7, 11) is 2.12. The Morgan fingerprint density at radius 3 is 2.42 bits per heavy atom. The minimum absolute atomic E-state index is 0.0544. The SMILES string of the molecule is CC(C(N)=O)C1CCN(C)CC1. The second-order valence-corrected chi connectivity index (χ2v) is 3.83. The number of carbonyl (C=O) groups excluding carboxylic acids is 1. The van der Waals surface area contributed by atoms with Gasteiger partial charge in [-0.1, -0.05) is 6.92 Å². The molecule has 70 valence electrons. The van der Waals surface area contributed by atoms with E-state index in [4.69, 9.17) is 5.73 Å². The average Bonchev–Trinajstić information content (AvgIpc) is 2.04. The predicted octanol–water partition coefficient (Wildman–Crippen LogP) is 0.450.